The molecule has 2 nitrogen and oxygen atoms in total. The molecule has 140 valence electrons. The fourth-order valence-corrected chi connectivity index (χ4v) is 4.14. The number of aliphatic hydroxyl groups is 1. The average molecular weight is 392 g/mol. The third kappa shape index (κ3) is 5.47. The van der Waals surface area contributed by atoms with Gasteiger partial charge in [0.25, 0.3) is 0 Å². The summed E-state index contributed by atoms with van der Waals surface area (Å²) < 4.78 is 0. The fourth-order valence-electron chi connectivity index (χ4n) is 3.83. The normalized spacial score (nSPS) is 17.3. The first-order chi connectivity index (χ1) is 12.7. The lowest BCUT2D eigenvalue weighted by molar-refractivity contribution is 0.169. The second-order valence-corrected chi connectivity index (χ2v) is 8.13. The molecule has 4 heteroatoms. The molecule has 1 aliphatic heterocycles. The van der Waals surface area contributed by atoms with E-state index in [2.05, 4.69) is 35.2 Å². The maximum atomic E-state index is 9.78. The van der Waals surface area contributed by atoms with E-state index in [0.29, 0.717) is 10.0 Å². The molecule has 26 heavy (non-hydrogen) atoms. The van der Waals surface area contributed by atoms with Crippen molar-refractivity contribution in [1.29, 1.82) is 0 Å². The van der Waals surface area contributed by atoms with Gasteiger partial charge in [-0.3, -0.25) is 0 Å². The van der Waals surface area contributed by atoms with Crippen molar-refractivity contribution in [2.45, 2.75) is 31.6 Å². The van der Waals surface area contributed by atoms with Crippen LogP contribution in [0.2, 0.25) is 10.0 Å². The minimum absolute atomic E-state index is 0.117. The number of nitrogens with zero attached hydrogens (tertiary/aromatic N) is 1. The van der Waals surface area contributed by atoms with Crippen LogP contribution in [-0.4, -0.2) is 36.2 Å². The Balaban J connectivity index is 1.45. The molecule has 0 radical (unpaired) electrons. The van der Waals surface area contributed by atoms with Gasteiger partial charge in [-0.2, -0.15) is 0 Å². The van der Waals surface area contributed by atoms with E-state index in [1.54, 1.807) is 0 Å². The summed E-state index contributed by atoms with van der Waals surface area (Å²) in [5, 5.41) is 10.9. The Morgan fingerprint density at radius 2 is 1.73 bits per heavy atom. The zero-order valence-corrected chi connectivity index (χ0v) is 16.6. The highest BCUT2D eigenvalue weighted by atomic mass is 35.5. The summed E-state index contributed by atoms with van der Waals surface area (Å²) in [6.45, 7) is 3.46. The molecule has 0 saturated carbocycles. The highest BCUT2D eigenvalue weighted by molar-refractivity contribution is 6.42. The maximum absolute atomic E-state index is 9.78. The van der Waals surface area contributed by atoms with Gasteiger partial charge in [0.05, 0.1) is 10.0 Å². The zero-order chi connectivity index (χ0) is 18.4. The predicted molar refractivity (Wildman–Crippen MR) is 110 cm³/mol. The van der Waals surface area contributed by atoms with E-state index in [4.69, 9.17) is 23.2 Å². The van der Waals surface area contributed by atoms with Crippen LogP contribution in [0.4, 0.5) is 0 Å². The van der Waals surface area contributed by atoms with Gasteiger partial charge in [0, 0.05) is 12.5 Å². The summed E-state index contributed by atoms with van der Waals surface area (Å²) in [5.74, 6) is 0.907. The largest absolute Gasteiger partial charge is 0.396 e. The molecule has 0 spiro atoms. The summed E-state index contributed by atoms with van der Waals surface area (Å²) in [6, 6.07) is 16.5. The molecule has 1 saturated heterocycles. The highest BCUT2D eigenvalue weighted by Crippen LogP contribution is 2.29. The van der Waals surface area contributed by atoms with Crippen molar-refractivity contribution in [3.8, 4) is 0 Å². The Labute approximate surface area is 166 Å². The number of likely N-dealkylation sites (tertiary alicyclic amines) is 1. The van der Waals surface area contributed by atoms with Gasteiger partial charge in [0.2, 0.25) is 0 Å². The van der Waals surface area contributed by atoms with Crippen molar-refractivity contribution in [2.24, 2.45) is 5.92 Å². The topological polar surface area (TPSA) is 23.5 Å². The first-order valence-corrected chi connectivity index (χ1v) is 10.2. The molecule has 1 aliphatic rings. The van der Waals surface area contributed by atoms with Crippen molar-refractivity contribution in [2.75, 3.05) is 26.2 Å². The van der Waals surface area contributed by atoms with E-state index in [0.717, 1.165) is 37.5 Å². The van der Waals surface area contributed by atoms with Crippen LogP contribution in [0, 0.1) is 5.92 Å². The first-order valence-electron chi connectivity index (χ1n) is 9.48. The van der Waals surface area contributed by atoms with Crippen molar-refractivity contribution in [3.05, 3.63) is 69.7 Å². The molecule has 2 aromatic rings. The van der Waals surface area contributed by atoms with Crippen LogP contribution in [0.3, 0.4) is 0 Å². The van der Waals surface area contributed by atoms with Crippen molar-refractivity contribution < 1.29 is 5.11 Å². The van der Waals surface area contributed by atoms with Crippen LogP contribution >= 0.6 is 23.2 Å². The number of halogens is 2. The average Bonchev–Trinajstić information content (AvgIpc) is 2.67. The van der Waals surface area contributed by atoms with Crippen LogP contribution in [0.5, 0.6) is 0 Å². The second-order valence-electron chi connectivity index (χ2n) is 7.32. The monoisotopic (exact) mass is 391 g/mol. The van der Waals surface area contributed by atoms with Crippen LogP contribution in [0.25, 0.3) is 0 Å². The number of benzene rings is 2. The Morgan fingerprint density at radius 3 is 2.38 bits per heavy atom. The predicted octanol–water partition coefficient (Wildman–Crippen LogP) is 5.41. The number of hydrogen-bond donors (Lipinski definition) is 1. The summed E-state index contributed by atoms with van der Waals surface area (Å²) in [4.78, 5) is 2.53. The summed E-state index contributed by atoms with van der Waals surface area (Å²) in [7, 11) is 0. The van der Waals surface area contributed by atoms with Gasteiger partial charge in [0.1, 0.15) is 0 Å². The minimum Gasteiger partial charge on any atom is -0.396 e. The third-order valence-corrected chi connectivity index (χ3v) is 6.24. The number of piperidine rings is 1. The number of hydrogen-bond acceptors (Lipinski definition) is 2. The third-order valence-electron chi connectivity index (χ3n) is 5.50. The number of aliphatic hydroxyl groups excluding tert-OH is 1. The molecular weight excluding hydrogens is 365 g/mol. The standard InChI is InChI=1S/C22H27Cl2NO/c23-21-7-6-19(15-22(21)24)20(16-26)10-13-25-11-8-18(9-12-25)14-17-4-2-1-3-5-17/h1-7,15,18,20,26H,8-14,16H2. The van der Waals surface area contributed by atoms with E-state index < -0.39 is 0 Å². The van der Waals surface area contributed by atoms with Gasteiger partial charge < -0.3 is 10.0 Å². The van der Waals surface area contributed by atoms with Gasteiger partial charge in [-0.15, -0.1) is 0 Å². The molecule has 0 amide bonds. The molecule has 0 bridgehead atoms. The van der Waals surface area contributed by atoms with Crippen LogP contribution < -0.4 is 0 Å². The van der Waals surface area contributed by atoms with Gasteiger partial charge in [-0.05, 0) is 74.5 Å². The molecule has 1 heterocycles. The van der Waals surface area contributed by atoms with Gasteiger partial charge in [-0.25, -0.2) is 0 Å². The molecule has 1 atom stereocenters. The highest BCUT2D eigenvalue weighted by Gasteiger charge is 2.21. The molecule has 2 aromatic carbocycles. The van der Waals surface area contributed by atoms with E-state index >= 15 is 0 Å². The Hall–Kier alpha value is -1.06. The van der Waals surface area contributed by atoms with Crippen molar-refractivity contribution in [3.63, 3.8) is 0 Å². The van der Waals surface area contributed by atoms with Crippen LogP contribution in [0.15, 0.2) is 48.5 Å². The second kappa shape index (κ2) is 9.75. The summed E-state index contributed by atoms with van der Waals surface area (Å²) in [5.41, 5.74) is 2.52. The number of rotatable bonds is 7. The minimum atomic E-state index is 0.117. The lowest BCUT2D eigenvalue weighted by Gasteiger charge is -2.33. The van der Waals surface area contributed by atoms with Gasteiger partial charge >= 0.3 is 0 Å². The van der Waals surface area contributed by atoms with Crippen LogP contribution in [0.1, 0.15) is 36.3 Å². The maximum Gasteiger partial charge on any atom is 0.0595 e. The quantitative estimate of drug-likeness (QED) is 0.681. The Morgan fingerprint density at radius 1 is 1.00 bits per heavy atom. The van der Waals surface area contributed by atoms with E-state index in [1.165, 1.54) is 24.8 Å². The summed E-state index contributed by atoms with van der Waals surface area (Å²) >= 11 is 12.1. The Kier molecular flexibility index (Phi) is 7.39. The van der Waals surface area contributed by atoms with Crippen molar-refractivity contribution in [1.82, 2.24) is 4.90 Å². The van der Waals surface area contributed by atoms with Crippen molar-refractivity contribution >= 4 is 23.2 Å². The first kappa shape index (κ1) is 19.7. The van der Waals surface area contributed by atoms with E-state index in [1.807, 2.05) is 18.2 Å². The van der Waals surface area contributed by atoms with Gasteiger partial charge in [-0.1, -0.05) is 59.6 Å². The summed E-state index contributed by atoms with van der Waals surface area (Å²) in [6.07, 6.45) is 4.64. The molecule has 0 aromatic heterocycles. The molecule has 1 unspecified atom stereocenters. The lowest BCUT2D eigenvalue weighted by Crippen LogP contribution is -2.35. The molecule has 0 aliphatic carbocycles. The fraction of sp³-hybridized carbons (Fsp3) is 0.455. The van der Waals surface area contributed by atoms with Crippen LogP contribution in [-0.2, 0) is 6.42 Å². The smallest absolute Gasteiger partial charge is 0.0595 e. The SMILES string of the molecule is OCC(CCN1CCC(Cc2ccccc2)CC1)c1ccc(Cl)c(Cl)c1. The molecular formula is C22H27Cl2NO. The lowest BCUT2D eigenvalue weighted by atomic mass is 9.89. The zero-order valence-electron chi connectivity index (χ0n) is 15.1. The van der Waals surface area contributed by atoms with Gasteiger partial charge in [0.15, 0.2) is 0 Å². The molecule has 1 fully saturated rings. The van der Waals surface area contributed by atoms with E-state index in [-0.39, 0.29) is 12.5 Å². The van der Waals surface area contributed by atoms with E-state index in [9.17, 15) is 5.11 Å². The Bertz CT molecular complexity index is 684. The molecule has 3 rings (SSSR count). The molecule has 1 N–H and O–H groups in total.